The van der Waals surface area contributed by atoms with Crippen LogP contribution in [-0.4, -0.2) is 54.3 Å². The van der Waals surface area contributed by atoms with E-state index in [-0.39, 0.29) is 47.1 Å². The fourth-order valence-electron chi connectivity index (χ4n) is 6.27. The van der Waals surface area contributed by atoms with Gasteiger partial charge in [-0.05, 0) is 55.5 Å². The van der Waals surface area contributed by atoms with Gasteiger partial charge in [0, 0.05) is 52.5 Å². The number of carbonyl (C=O) groups is 3. The van der Waals surface area contributed by atoms with Gasteiger partial charge in [-0.3, -0.25) is 19.1 Å². The van der Waals surface area contributed by atoms with Crippen molar-refractivity contribution in [3.8, 4) is 22.3 Å². The summed E-state index contributed by atoms with van der Waals surface area (Å²) in [5, 5.41) is 8.24. The van der Waals surface area contributed by atoms with E-state index in [1.807, 2.05) is 18.2 Å². The number of anilines is 1. The zero-order valence-electron chi connectivity index (χ0n) is 24.5. The number of piperidine rings is 1. The molecule has 1 aliphatic heterocycles. The van der Waals surface area contributed by atoms with Crippen LogP contribution in [0.15, 0.2) is 73.1 Å². The number of Topliss-reactive ketones (excluding diaryl/α,β-unsaturated/α-hetero) is 1. The largest absolute Gasteiger partial charge is 0.326 e. The maximum absolute atomic E-state index is 15.6. The van der Waals surface area contributed by atoms with E-state index in [4.69, 9.17) is 11.6 Å². The number of nitrogens with one attached hydrogen (secondary N) is 1. The molecule has 0 spiro atoms. The first-order valence-electron chi connectivity index (χ1n) is 14.7. The smallest absolute Gasteiger partial charge is 0.247 e. The minimum Gasteiger partial charge on any atom is -0.326 e. The van der Waals surface area contributed by atoms with Gasteiger partial charge in [-0.2, -0.15) is 5.10 Å². The number of fused-ring (bicyclic) bond motifs is 2. The Labute approximate surface area is 263 Å². The molecule has 2 fully saturated rings. The van der Waals surface area contributed by atoms with E-state index in [1.165, 1.54) is 17.7 Å². The average Bonchev–Trinajstić information content (AvgIpc) is 3.53. The Bertz CT molecular complexity index is 2010. The quantitative estimate of drug-likeness (QED) is 0.220. The zero-order valence-corrected chi connectivity index (χ0v) is 25.3. The summed E-state index contributed by atoms with van der Waals surface area (Å²) in [6.45, 7) is 3.09. The molecule has 3 aromatic carbocycles. The Morgan fingerprint density at radius 3 is 2.49 bits per heavy atom. The highest BCUT2D eigenvalue weighted by Gasteiger charge is 2.56. The maximum Gasteiger partial charge on any atom is 0.247 e. The monoisotopic (exact) mass is 622 g/mol. The summed E-state index contributed by atoms with van der Waals surface area (Å²) in [7, 11) is 0. The van der Waals surface area contributed by atoms with Crippen molar-refractivity contribution < 1.29 is 18.8 Å². The number of benzene rings is 3. The molecule has 2 aliphatic rings. The van der Waals surface area contributed by atoms with Gasteiger partial charge in [0.05, 0.1) is 11.2 Å². The molecule has 1 saturated carbocycles. The van der Waals surface area contributed by atoms with Crippen molar-refractivity contribution in [2.75, 3.05) is 5.32 Å². The molecule has 0 unspecified atom stereocenters. The lowest BCUT2D eigenvalue weighted by Crippen LogP contribution is -2.46. The van der Waals surface area contributed by atoms with Gasteiger partial charge in [0.2, 0.25) is 11.8 Å². The first kappa shape index (κ1) is 28.8. The standard InChI is InChI=1S/C34H28ClFN6O3/c1-18(43)33-25-12-20(22-15-37-19(2)38-16-22)10-11-28(25)41(40-33)17-31(44)42-29-13-21(29)14-30(42)34(45)39-27-9-5-7-24(32(27)36)23-6-3-4-8-26(23)35/h3-12,15-16,21,29-30H,13-14,17H2,1-2H3,(H,39,45)/t21-,29-,30+/m1/s1. The number of ketones is 1. The molecule has 0 bridgehead atoms. The third-order valence-corrected chi connectivity index (χ3v) is 8.93. The van der Waals surface area contributed by atoms with E-state index >= 15 is 4.39 Å². The van der Waals surface area contributed by atoms with Crippen LogP contribution < -0.4 is 5.32 Å². The first-order valence-corrected chi connectivity index (χ1v) is 15.0. The predicted octanol–water partition coefficient (Wildman–Crippen LogP) is 6.09. The molecule has 45 heavy (non-hydrogen) atoms. The third kappa shape index (κ3) is 5.25. The van der Waals surface area contributed by atoms with Crippen molar-refractivity contribution in [1.29, 1.82) is 0 Å². The lowest BCUT2D eigenvalue weighted by molar-refractivity contribution is -0.138. The molecule has 226 valence electrons. The highest BCUT2D eigenvalue weighted by atomic mass is 35.5. The predicted molar refractivity (Wildman–Crippen MR) is 168 cm³/mol. The lowest BCUT2D eigenvalue weighted by Gasteiger charge is -2.27. The molecule has 0 radical (unpaired) electrons. The molecule has 1 aliphatic carbocycles. The summed E-state index contributed by atoms with van der Waals surface area (Å²) >= 11 is 6.30. The number of rotatable bonds is 7. The zero-order chi connectivity index (χ0) is 31.4. The Morgan fingerprint density at radius 2 is 1.73 bits per heavy atom. The van der Waals surface area contributed by atoms with Gasteiger partial charge in [-0.1, -0.05) is 48.0 Å². The summed E-state index contributed by atoms with van der Waals surface area (Å²) in [5.41, 5.74) is 3.29. The highest BCUT2D eigenvalue weighted by Crippen LogP contribution is 2.48. The minimum atomic E-state index is -0.758. The van der Waals surface area contributed by atoms with Crippen LogP contribution in [0.4, 0.5) is 10.1 Å². The molecule has 9 nitrogen and oxygen atoms in total. The first-order chi connectivity index (χ1) is 21.7. The normalized spacial score (nSPS) is 18.6. The second-order valence-electron chi connectivity index (χ2n) is 11.6. The average molecular weight is 623 g/mol. The summed E-state index contributed by atoms with van der Waals surface area (Å²) in [4.78, 5) is 50.0. The van der Waals surface area contributed by atoms with Gasteiger partial charge in [-0.15, -0.1) is 0 Å². The van der Waals surface area contributed by atoms with E-state index in [0.717, 1.165) is 17.5 Å². The lowest BCUT2D eigenvalue weighted by atomic mass is 10.0. The molecule has 11 heteroatoms. The number of hydrogen-bond donors (Lipinski definition) is 1. The molecular weight excluding hydrogens is 595 g/mol. The van der Waals surface area contributed by atoms with Gasteiger partial charge in [0.15, 0.2) is 11.6 Å². The molecular formula is C34H28ClFN6O3. The van der Waals surface area contributed by atoms with Crippen molar-refractivity contribution in [3.63, 3.8) is 0 Å². The Kier molecular flexibility index (Phi) is 7.16. The molecule has 2 aromatic heterocycles. The molecule has 3 atom stereocenters. The number of likely N-dealkylation sites (tertiary alicyclic amines) is 1. The number of amides is 2. The fourth-order valence-corrected chi connectivity index (χ4v) is 6.51. The van der Waals surface area contributed by atoms with E-state index in [0.29, 0.717) is 33.7 Å². The van der Waals surface area contributed by atoms with E-state index < -0.39 is 17.8 Å². The van der Waals surface area contributed by atoms with Crippen LogP contribution in [0.25, 0.3) is 33.2 Å². The van der Waals surface area contributed by atoms with Crippen LogP contribution in [0.3, 0.4) is 0 Å². The molecule has 1 N–H and O–H groups in total. The second-order valence-corrected chi connectivity index (χ2v) is 12.0. The van der Waals surface area contributed by atoms with Crippen molar-refractivity contribution >= 4 is 45.8 Å². The van der Waals surface area contributed by atoms with Crippen molar-refractivity contribution in [3.05, 3.63) is 95.4 Å². The Balaban J connectivity index is 1.14. The molecule has 3 heterocycles. The molecule has 1 saturated heterocycles. The summed E-state index contributed by atoms with van der Waals surface area (Å²) in [6, 6.07) is 16.4. The fraction of sp³-hybridized carbons (Fsp3) is 0.235. The second kappa shape index (κ2) is 11.2. The van der Waals surface area contributed by atoms with Gasteiger partial charge in [0.1, 0.15) is 24.1 Å². The summed E-state index contributed by atoms with van der Waals surface area (Å²) < 4.78 is 17.1. The number of aromatic nitrogens is 4. The highest BCUT2D eigenvalue weighted by molar-refractivity contribution is 6.33. The van der Waals surface area contributed by atoms with Crippen molar-refractivity contribution in [1.82, 2.24) is 24.6 Å². The van der Waals surface area contributed by atoms with Crippen molar-refractivity contribution in [2.45, 2.75) is 45.3 Å². The van der Waals surface area contributed by atoms with Crippen LogP contribution in [0.5, 0.6) is 0 Å². The number of carbonyl (C=O) groups excluding carboxylic acids is 3. The van der Waals surface area contributed by atoms with Crippen LogP contribution in [0, 0.1) is 18.7 Å². The van der Waals surface area contributed by atoms with Crippen LogP contribution >= 0.6 is 11.6 Å². The van der Waals surface area contributed by atoms with Crippen LogP contribution in [0.2, 0.25) is 5.02 Å². The summed E-state index contributed by atoms with van der Waals surface area (Å²) in [5.74, 6) is -0.712. The van der Waals surface area contributed by atoms with E-state index in [1.54, 1.807) is 60.6 Å². The van der Waals surface area contributed by atoms with Gasteiger partial charge >= 0.3 is 0 Å². The Morgan fingerprint density at radius 1 is 0.978 bits per heavy atom. The molecule has 2 amide bonds. The van der Waals surface area contributed by atoms with Gasteiger partial charge < -0.3 is 10.2 Å². The minimum absolute atomic E-state index is 0.0179. The van der Waals surface area contributed by atoms with E-state index in [2.05, 4.69) is 20.4 Å². The maximum atomic E-state index is 15.6. The van der Waals surface area contributed by atoms with Crippen LogP contribution in [-0.2, 0) is 16.1 Å². The SMILES string of the molecule is CC(=O)c1nn(CC(=O)N2[C@@H]3C[C@@H]3C[C@H]2C(=O)Nc2cccc(-c3ccccc3Cl)c2F)c2ccc(-c3cnc(C)nc3)cc12. The number of halogens is 2. The topological polar surface area (TPSA) is 110 Å². The van der Waals surface area contributed by atoms with E-state index in [9.17, 15) is 14.4 Å². The van der Waals surface area contributed by atoms with Gasteiger partial charge in [0.25, 0.3) is 0 Å². The van der Waals surface area contributed by atoms with Crippen molar-refractivity contribution in [2.24, 2.45) is 5.92 Å². The van der Waals surface area contributed by atoms with Crippen LogP contribution in [0.1, 0.15) is 36.1 Å². The summed E-state index contributed by atoms with van der Waals surface area (Å²) in [6.07, 6.45) is 4.74. The number of nitrogens with zero attached hydrogens (tertiary/aromatic N) is 5. The third-order valence-electron chi connectivity index (χ3n) is 8.60. The molecule has 7 rings (SSSR count). The van der Waals surface area contributed by atoms with Gasteiger partial charge in [-0.25, -0.2) is 14.4 Å². The number of hydrogen-bond acceptors (Lipinski definition) is 6. The Hall–Kier alpha value is -4.96. The number of aryl methyl sites for hydroxylation is 1. The molecule has 5 aromatic rings.